The van der Waals surface area contributed by atoms with Gasteiger partial charge in [0, 0.05) is 12.6 Å². The van der Waals surface area contributed by atoms with E-state index in [2.05, 4.69) is 11.8 Å². The summed E-state index contributed by atoms with van der Waals surface area (Å²) in [6.07, 6.45) is 13.3. The molecule has 0 spiro atoms. The Morgan fingerprint density at radius 1 is 1.06 bits per heavy atom. The molecule has 0 aromatic rings. The second kappa shape index (κ2) is 9.90. The topological polar surface area (TPSA) is 23.5 Å². The van der Waals surface area contributed by atoms with Crippen LogP contribution >= 0.6 is 0 Å². The van der Waals surface area contributed by atoms with Crippen LogP contribution in [0.1, 0.15) is 71.1 Å². The zero-order chi connectivity index (χ0) is 12.3. The molecule has 1 saturated heterocycles. The van der Waals surface area contributed by atoms with E-state index in [9.17, 15) is 0 Å². The third-order valence-electron chi connectivity index (χ3n) is 4.01. The second-order valence-corrected chi connectivity index (χ2v) is 5.47. The highest BCUT2D eigenvalue weighted by Crippen LogP contribution is 2.20. The quantitative estimate of drug-likeness (QED) is 0.624. The molecule has 102 valence electrons. The first-order valence-electron chi connectivity index (χ1n) is 7.73. The molecular formula is C15H31NO. The van der Waals surface area contributed by atoms with Gasteiger partial charge in [-0.25, -0.2) is 0 Å². The molecular weight excluding hydrogens is 210 g/mol. The average Bonchev–Trinajstić information content (AvgIpc) is 2.36. The van der Waals surface area contributed by atoms with Crippen LogP contribution in [0.4, 0.5) is 0 Å². The van der Waals surface area contributed by atoms with Crippen LogP contribution in [0.2, 0.25) is 0 Å². The number of hydrogen-bond donors (Lipinski definition) is 1. The van der Waals surface area contributed by atoms with Gasteiger partial charge in [-0.3, -0.25) is 0 Å². The van der Waals surface area contributed by atoms with Crippen molar-refractivity contribution in [2.75, 3.05) is 19.7 Å². The summed E-state index contributed by atoms with van der Waals surface area (Å²) in [6, 6.07) is 0.671. The van der Waals surface area contributed by atoms with E-state index in [0.29, 0.717) is 12.6 Å². The van der Waals surface area contributed by atoms with E-state index in [4.69, 9.17) is 5.11 Å². The van der Waals surface area contributed by atoms with Crippen molar-refractivity contribution in [3.8, 4) is 0 Å². The van der Waals surface area contributed by atoms with Crippen LogP contribution in [0.15, 0.2) is 0 Å². The van der Waals surface area contributed by atoms with Gasteiger partial charge in [0.25, 0.3) is 0 Å². The number of aliphatic hydroxyl groups excluding tert-OH is 1. The molecule has 1 atom stereocenters. The van der Waals surface area contributed by atoms with Crippen molar-refractivity contribution in [1.29, 1.82) is 0 Å². The van der Waals surface area contributed by atoms with E-state index in [1.165, 1.54) is 70.9 Å². The maximum atomic E-state index is 9.08. The minimum Gasteiger partial charge on any atom is -0.396 e. The lowest BCUT2D eigenvalue weighted by Gasteiger charge is -2.35. The van der Waals surface area contributed by atoms with Gasteiger partial charge >= 0.3 is 0 Å². The molecule has 1 aliphatic heterocycles. The van der Waals surface area contributed by atoms with Gasteiger partial charge < -0.3 is 10.0 Å². The highest BCUT2D eigenvalue weighted by Gasteiger charge is 2.20. The van der Waals surface area contributed by atoms with Crippen LogP contribution < -0.4 is 0 Å². The zero-order valence-electron chi connectivity index (χ0n) is 11.7. The number of rotatable bonds is 9. The number of piperidine rings is 1. The summed E-state index contributed by atoms with van der Waals surface area (Å²) in [7, 11) is 0. The highest BCUT2D eigenvalue weighted by atomic mass is 16.3. The highest BCUT2D eigenvalue weighted by molar-refractivity contribution is 4.76. The fourth-order valence-electron chi connectivity index (χ4n) is 2.93. The first-order chi connectivity index (χ1) is 8.38. The van der Waals surface area contributed by atoms with Crippen LogP contribution in [0.5, 0.6) is 0 Å². The third kappa shape index (κ3) is 6.42. The Morgan fingerprint density at radius 3 is 2.59 bits per heavy atom. The van der Waals surface area contributed by atoms with Crippen molar-refractivity contribution in [2.24, 2.45) is 0 Å². The Labute approximate surface area is 107 Å². The van der Waals surface area contributed by atoms with Gasteiger partial charge in [-0.05, 0) is 38.8 Å². The maximum absolute atomic E-state index is 9.08. The Hall–Kier alpha value is -0.0800. The molecule has 0 bridgehead atoms. The SMILES string of the molecule is CCCCCCCCN1CCCCC1CCO. The van der Waals surface area contributed by atoms with E-state index in [0.717, 1.165) is 6.42 Å². The Morgan fingerprint density at radius 2 is 1.82 bits per heavy atom. The van der Waals surface area contributed by atoms with E-state index in [1.807, 2.05) is 0 Å². The summed E-state index contributed by atoms with van der Waals surface area (Å²) in [6.45, 7) is 5.15. The maximum Gasteiger partial charge on any atom is 0.0445 e. The van der Waals surface area contributed by atoms with Crippen LogP contribution in [0.25, 0.3) is 0 Å². The normalized spacial score (nSPS) is 21.9. The first-order valence-corrected chi connectivity index (χ1v) is 7.73. The average molecular weight is 241 g/mol. The van der Waals surface area contributed by atoms with Crippen molar-refractivity contribution < 1.29 is 5.11 Å². The fraction of sp³-hybridized carbons (Fsp3) is 1.00. The predicted molar refractivity (Wildman–Crippen MR) is 74.3 cm³/mol. The summed E-state index contributed by atoms with van der Waals surface area (Å²) in [5.41, 5.74) is 0. The number of aliphatic hydroxyl groups is 1. The van der Waals surface area contributed by atoms with E-state index >= 15 is 0 Å². The van der Waals surface area contributed by atoms with Crippen molar-refractivity contribution in [2.45, 2.75) is 77.2 Å². The van der Waals surface area contributed by atoms with Gasteiger partial charge in [0.15, 0.2) is 0 Å². The lowest BCUT2D eigenvalue weighted by molar-refractivity contribution is 0.117. The van der Waals surface area contributed by atoms with Gasteiger partial charge in [0.05, 0.1) is 0 Å². The third-order valence-corrected chi connectivity index (χ3v) is 4.01. The molecule has 0 amide bonds. The van der Waals surface area contributed by atoms with Crippen molar-refractivity contribution in [1.82, 2.24) is 4.90 Å². The summed E-state index contributed by atoms with van der Waals surface area (Å²) in [5.74, 6) is 0. The van der Waals surface area contributed by atoms with Crippen molar-refractivity contribution in [3.63, 3.8) is 0 Å². The van der Waals surface area contributed by atoms with Gasteiger partial charge in [-0.2, -0.15) is 0 Å². The van der Waals surface area contributed by atoms with E-state index < -0.39 is 0 Å². The van der Waals surface area contributed by atoms with E-state index in [-0.39, 0.29) is 0 Å². The van der Waals surface area contributed by atoms with Crippen LogP contribution in [0, 0.1) is 0 Å². The van der Waals surface area contributed by atoms with Crippen LogP contribution in [0.3, 0.4) is 0 Å². The Balaban J connectivity index is 2.06. The minimum absolute atomic E-state index is 0.359. The van der Waals surface area contributed by atoms with E-state index in [1.54, 1.807) is 0 Å². The molecule has 1 fully saturated rings. The summed E-state index contributed by atoms with van der Waals surface area (Å²) in [5, 5.41) is 9.08. The smallest absolute Gasteiger partial charge is 0.0445 e. The molecule has 2 nitrogen and oxygen atoms in total. The largest absolute Gasteiger partial charge is 0.396 e. The number of unbranched alkanes of at least 4 members (excludes halogenated alkanes) is 5. The lowest BCUT2D eigenvalue weighted by atomic mass is 9.99. The molecule has 0 aromatic heterocycles. The molecule has 1 heterocycles. The number of likely N-dealkylation sites (tertiary alicyclic amines) is 1. The summed E-state index contributed by atoms with van der Waals surface area (Å²) in [4.78, 5) is 2.62. The Bertz CT molecular complexity index is 170. The molecule has 1 aliphatic rings. The second-order valence-electron chi connectivity index (χ2n) is 5.47. The summed E-state index contributed by atoms with van der Waals surface area (Å²) >= 11 is 0. The molecule has 0 aliphatic carbocycles. The minimum atomic E-state index is 0.359. The zero-order valence-corrected chi connectivity index (χ0v) is 11.7. The molecule has 0 saturated carbocycles. The monoisotopic (exact) mass is 241 g/mol. The van der Waals surface area contributed by atoms with Crippen LogP contribution in [-0.4, -0.2) is 35.7 Å². The fourth-order valence-corrected chi connectivity index (χ4v) is 2.93. The molecule has 1 N–H and O–H groups in total. The van der Waals surface area contributed by atoms with Crippen molar-refractivity contribution in [3.05, 3.63) is 0 Å². The van der Waals surface area contributed by atoms with Gasteiger partial charge in [0.1, 0.15) is 0 Å². The standard InChI is InChI=1S/C15H31NO/c1-2-3-4-5-6-8-12-16-13-9-7-10-15(16)11-14-17/h15,17H,2-14H2,1H3. The van der Waals surface area contributed by atoms with Crippen molar-refractivity contribution >= 4 is 0 Å². The summed E-state index contributed by atoms with van der Waals surface area (Å²) < 4.78 is 0. The van der Waals surface area contributed by atoms with Gasteiger partial charge in [-0.1, -0.05) is 45.4 Å². The molecule has 0 radical (unpaired) electrons. The first kappa shape index (κ1) is 15.0. The Kier molecular flexibility index (Phi) is 8.72. The number of hydrogen-bond acceptors (Lipinski definition) is 2. The predicted octanol–water partition coefficient (Wildman–Crippen LogP) is 3.58. The lowest BCUT2D eigenvalue weighted by Crippen LogP contribution is -2.40. The van der Waals surface area contributed by atoms with Gasteiger partial charge in [-0.15, -0.1) is 0 Å². The molecule has 1 unspecified atom stereocenters. The molecule has 0 aromatic carbocycles. The molecule has 17 heavy (non-hydrogen) atoms. The molecule has 1 rings (SSSR count). The number of nitrogens with zero attached hydrogens (tertiary/aromatic N) is 1. The van der Waals surface area contributed by atoms with Gasteiger partial charge in [0.2, 0.25) is 0 Å². The molecule has 2 heteroatoms. The van der Waals surface area contributed by atoms with Crippen LogP contribution in [-0.2, 0) is 0 Å².